The summed E-state index contributed by atoms with van der Waals surface area (Å²) in [7, 11) is 0. The lowest BCUT2D eigenvalue weighted by Gasteiger charge is -2.29. The van der Waals surface area contributed by atoms with Crippen molar-refractivity contribution in [2.24, 2.45) is 0 Å². The van der Waals surface area contributed by atoms with Crippen LogP contribution in [0.1, 0.15) is 29.0 Å². The Morgan fingerprint density at radius 3 is 2.33 bits per heavy atom. The molecular formula is C31H25N5O3S. The van der Waals surface area contributed by atoms with Crippen molar-refractivity contribution in [3.63, 3.8) is 0 Å². The number of benzene rings is 3. The molecule has 0 aliphatic carbocycles. The Hall–Kier alpha value is -5.02. The number of aryl methyl sites for hydroxylation is 1. The summed E-state index contributed by atoms with van der Waals surface area (Å²) >= 11 is 5.88. The van der Waals surface area contributed by atoms with Crippen LogP contribution < -0.4 is 15.0 Å². The number of hydrogen-bond acceptors (Lipinski definition) is 5. The number of nitrogens with zero attached hydrogens (tertiary/aromatic N) is 4. The van der Waals surface area contributed by atoms with E-state index in [1.165, 1.54) is 12.1 Å². The molecule has 0 spiro atoms. The molecule has 3 aromatic carbocycles. The molecule has 1 saturated heterocycles. The van der Waals surface area contributed by atoms with Crippen molar-refractivity contribution in [3.8, 4) is 17.2 Å². The Kier molecular flexibility index (Phi) is 6.71. The van der Waals surface area contributed by atoms with Crippen molar-refractivity contribution in [1.82, 2.24) is 14.9 Å². The van der Waals surface area contributed by atoms with Crippen molar-refractivity contribution in [2.75, 3.05) is 4.90 Å². The zero-order valence-corrected chi connectivity index (χ0v) is 22.4. The monoisotopic (exact) mass is 547 g/mol. The Morgan fingerprint density at radius 1 is 0.900 bits per heavy atom. The highest BCUT2D eigenvalue weighted by Gasteiger charge is 2.42. The molecule has 1 aliphatic heterocycles. The molecule has 2 aromatic heterocycles. The SMILES string of the molecule is Cc1ccccc1Oc1ccc(N2C(=S)N[C@H](c3ccccn3)[C@H]2c2cccn2-c2ccc([N+](=O)[O-])cc2)cc1. The van der Waals surface area contributed by atoms with Crippen LogP contribution in [0, 0.1) is 17.0 Å². The predicted octanol–water partition coefficient (Wildman–Crippen LogP) is 7.06. The maximum absolute atomic E-state index is 11.2. The molecule has 9 heteroatoms. The van der Waals surface area contributed by atoms with E-state index in [2.05, 4.69) is 15.2 Å². The van der Waals surface area contributed by atoms with E-state index in [1.807, 2.05) is 96.6 Å². The summed E-state index contributed by atoms with van der Waals surface area (Å²) < 4.78 is 8.15. The quantitative estimate of drug-likeness (QED) is 0.133. The number of anilines is 1. The first-order valence-corrected chi connectivity index (χ1v) is 13.2. The van der Waals surface area contributed by atoms with E-state index in [9.17, 15) is 10.1 Å². The lowest BCUT2D eigenvalue weighted by Crippen LogP contribution is -2.30. The third-order valence-corrected chi connectivity index (χ3v) is 7.27. The van der Waals surface area contributed by atoms with Gasteiger partial charge in [-0.2, -0.15) is 0 Å². The number of pyridine rings is 1. The first kappa shape index (κ1) is 25.3. The molecule has 1 N–H and O–H groups in total. The minimum atomic E-state index is -0.398. The molecule has 0 bridgehead atoms. The summed E-state index contributed by atoms with van der Waals surface area (Å²) in [4.78, 5) is 17.5. The summed E-state index contributed by atoms with van der Waals surface area (Å²) in [6.45, 7) is 2.01. The number of nitro groups is 1. The summed E-state index contributed by atoms with van der Waals surface area (Å²) in [5, 5.41) is 15.3. The average molecular weight is 548 g/mol. The number of non-ortho nitro benzene ring substituents is 1. The molecular weight excluding hydrogens is 522 g/mol. The largest absolute Gasteiger partial charge is 0.457 e. The zero-order chi connectivity index (χ0) is 27.6. The first-order valence-electron chi connectivity index (χ1n) is 12.8. The van der Waals surface area contributed by atoms with Gasteiger partial charge in [0.2, 0.25) is 0 Å². The molecule has 2 atom stereocenters. The van der Waals surface area contributed by atoms with Crippen LogP contribution in [-0.4, -0.2) is 19.6 Å². The lowest BCUT2D eigenvalue weighted by atomic mass is 10.0. The van der Waals surface area contributed by atoms with Crippen LogP contribution in [0.4, 0.5) is 11.4 Å². The average Bonchev–Trinajstić information content (AvgIpc) is 3.59. The highest BCUT2D eigenvalue weighted by molar-refractivity contribution is 7.80. The van der Waals surface area contributed by atoms with Gasteiger partial charge in [0, 0.05) is 41.6 Å². The smallest absolute Gasteiger partial charge is 0.269 e. The number of thiocarbonyl (C=S) groups is 1. The minimum Gasteiger partial charge on any atom is -0.457 e. The van der Waals surface area contributed by atoms with Crippen LogP contribution in [0.15, 0.2) is 116 Å². The van der Waals surface area contributed by atoms with Crippen molar-refractivity contribution >= 4 is 28.7 Å². The van der Waals surface area contributed by atoms with Gasteiger partial charge in [-0.15, -0.1) is 0 Å². The Bertz CT molecular complexity index is 1670. The van der Waals surface area contributed by atoms with Crippen LogP contribution in [0.3, 0.4) is 0 Å². The highest BCUT2D eigenvalue weighted by atomic mass is 32.1. The van der Waals surface area contributed by atoms with E-state index in [0.717, 1.165) is 39.8 Å². The third kappa shape index (κ3) is 4.78. The number of rotatable bonds is 7. The molecule has 1 aliphatic rings. The van der Waals surface area contributed by atoms with Gasteiger partial charge in [0.15, 0.2) is 5.11 Å². The topological polar surface area (TPSA) is 85.5 Å². The molecule has 0 saturated carbocycles. The molecule has 1 fully saturated rings. The molecule has 0 amide bonds. The summed E-state index contributed by atoms with van der Waals surface area (Å²) in [5.74, 6) is 1.53. The second-order valence-corrected chi connectivity index (χ2v) is 9.82. The Balaban J connectivity index is 1.39. The van der Waals surface area contributed by atoms with Gasteiger partial charge in [-0.05, 0) is 91.4 Å². The van der Waals surface area contributed by atoms with Crippen molar-refractivity contribution in [3.05, 3.63) is 143 Å². The standard InChI is InChI=1S/C31H25N5O3S/c1-21-7-2-3-10-28(21)39-25-17-15-23(16-18-25)35-30(29(33-31(35)40)26-8-4-5-19-32-26)27-9-6-20-34(27)22-11-13-24(14-12-22)36(37)38/h2-20,29-30H,1H3,(H,33,40)/t29-,30-/m1/s1. The molecule has 8 nitrogen and oxygen atoms in total. The fraction of sp³-hybridized carbons (Fsp3) is 0.0968. The van der Waals surface area contributed by atoms with Gasteiger partial charge in [-0.1, -0.05) is 24.3 Å². The van der Waals surface area contributed by atoms with Gasteiger partial charge in [-0.25, -0.2) is 0 Å². The van der Waals surface area contributed by atoms with Crippen molar-refractivity contribution in [1.29, 1.82) is 0 Å². The summed E-state index contributed by atoms with van der Waals surface area (Å²) in [6.07, 6.45) is 3.72. The highest BCUT2D eigenvalue weighted by Crippen LogP contribution is 2.42. The van der Waals surface area contributed by atoms with Gasteiger partial charge in [0.1, 0.15) is 17.5 Å². The summed E-state index contributed by atoms with van der Waals surface area (Å²) in [6, 6.07) is 31.6. The number of nitrogens with one attached hydrogen (secondary N) is 1. The molecule has 6 rings (SSSR count). The van der Waals surface area contributed by atoms with Crippen molar-refractivity contribution < 1.29 is 9.66 Å². The van der Waals surface area contributed by atoms with Crippen LogP contribution in [0.25, 0.3) is 5.69 Å². The predicted molar refractivity (Wildman–Crippen MR) is 158 cm³/mol. The summed E-state index contributed by atoms with van der Waals surface area (Å²) in [5.41, 5.74) is 4.62. The van der Waals surface area contributed by atoms with Gasteiger partial charge < -0.3 is 19.5 Å². The number of ether oxygens (including phenoxy) is 1. The first-order chi connectivity index (χ1) is 19.5. The molecule has 0 unspecified atom stereocenters. The second-order valence-electron chi connectivity index (χ2n) is 9.43. The Morgan fingerprint density at radius 2 is 1.62 bits per heavy atom. The van der Waals surface area contributed by atoms with E-state index >= 15 is 0 Å². The normalized spacial score (nSPS) is 16.5. The fourth-order valence-electron chi connectivity index (χ4n) is 5.01. The maximum Gasteiger partial charge on any atom is 0.269 e. The van der Waals surface area contributed by atoms with E-state index < -0.39 is 4.92 Å². The number of para-hydroxylation sites is 1. The molecule has 3 heterocycles. The van der Waals surface area contributed by atoms with Crippen LogP contribution in [0.5, 0.6) is 11.5 Å². The van der Waals surface area contributed by atoms with Crippen LogP contribution >= 0.6 is 12.2 Å². The zero-order valence-electron chi connectivity index (χ0n) is 21.5. The molecule has 0 radical (unpaired) electrons. The fourth-order valence-corrected chi connectivity index (χ4v) is 5.36. The number of hydrogen-bond donors (Lipinski definition) is 1. The molecule has 198 valence electrons. The maximum atomic E-state index is 11.2. The third-order valence-electron chi connectivity index (χ3n) is 6.96. The van der Waals surface area contributed by atoms with E-state index in [1.54, 1.807) is 18.3 Å². The van der Waals surface area contributed by atoms with Crippen LogP contribution in [0.2, 0.25) is 0 Å². The van der Waals surface area contributed by atoms with Gasteiger partial charge in [0.05, 0.1) is 16.7 Å². The van der Waals surface area contributed by atoms with Crippen LogP contribution in [-0.2, 0) is 0 Å². The Labute approximate surface area is 236 Å². The minimum absolute atomic E-state index is 0.0437. The lowest BCUT2D eigenvalue weighted by molar-refractivity contribution is -0.384. The van der Waals surface area contributed by atoms with E-state index in [0.29, 0.717) is 5.11 Å². The number of aromatic nitrogens is 2. The molecule has 5 aromatic rings. The van der Waals surface area contributed by atoms with E-state index in [4.69, 9.17) is 17.0 Å². The van der Waals surface area contributed by atoms with E-state index in [-0.39, 0.29) is 17.8 Å². The van der Waals surface area contributed by atoms with Gasteiger partial charge in [-0.3, -0.25) is 15.1 Å². The second kappa shape index (κ2) is 10.6. The van der Waals surface area contributed by atoms with Crippen molar-refractivity contribution in [2.45, 2.75) is 19.0 Å². The van der Waals surface area contributed by atoms with Gasteiger partial charge >= 0.3 is 0 Å². The number of nitro benzene ring substituents is 1. The van der Waals surface area contributed by atoms with Gasteiger partial charge in [0.25, 0.3) is 5.69 Å². The molecule has 40 heavy (non-hydrogen) atoms.